The van der Waals surface area contributed by atoms with Crippen LogP contribution in [0.5, 0.6) is 5.75 Å². The van der Waals surface area contributed by atoms with Crippen LogP contribution < -0.4 is 9.46 Å². The first kappa shape index (κ1) is 17.1. The summed E-state index contributed by atoms with van der Waals surface area (Å²) in [6.45, 7) is -1.27. The van der Waals surface area contributed by atoms with Crippen molar-refractivity contribution in [3.8, 4) is 5.75 Å². The molecule has 0 aromatic heterocycles. The molecule has 0 saturated heterocycles. The van der Waals surface area contributed by atoms with Crippen LogP contribution in [-0.2, 0) is 14.8 Å². The molecule has 1 unspecified atom stereocenters. The predicted octanol–water partition coefficient (Wildman–Crippen LogP) is 2.25. The fraction of sp³-hybridized carbons (Fsp3) is 0.455. The van der Waals surface area contributed by atoms with Crippen molar-refractivity contribution < 1.29 is 26.7 Å². The van der Waals surface area contributed by atoms with Crippen molar-refractivity contribution in [3.63, 3.8) is 0 Å². The number of halogens is 3. The Morgan fingerprint density at radius 2 is 2.05 bits per heavy atom. The molecule has 0 aliphatic rings. The van der Waals surface area contributed by atoms with Gasteiger partial charge in [0.15, 0.2) is 0 Å². The summed E-state index contributed by atoms with van der Waals surface area (Å²) >= 11 is 5.69. The number of rotatable bonds is 7. The molecule has 114 valence electrons. The highest BCUT2D eigenvalue weighted by Gasteiger charge is 2.18. The lowest BCUT2D eigenvalue weighted by molar-refractivity contribution is -0.0498. The minimum absolute atomic E-state index is 0.0751. The second kappa shape index (κ2) is 7.16. The van der Waals surface area contributed by atoms with Crippen LogP contribution in [0.1, 0.15) is 6.92 Å². The topological polar surface area (TPSA) is 64.6 Å². The summed E-state index contributed by atoms with van der Waals surface area (Å²) in [7, 11) is -2.34. The number of ether oxygens (including phenoxy) is 2. The number of benzene rings is 1. The molecule has 0 amide bonds. The summed E-state index contributed by atoms with van der Waals surface area (Å²) in [5.74, 6) is -0.286. The number of alkyl halides is 2. The Morgan fingerprint density at radius 1 is 1.40 bits per heavy atom. The minimum Gasteiger partial charge on any atom is -0.433 e. The van der Waals surface area contributed by atoms with Gasteiger partial charge in [0, 0.05) is 13.7 Å². The van der Waals surface area contributed by atoms with E-state index in [1.165, 1.54) is 7.11 Å². The van der Waals surface area contributed by atoms with Crippen LogP contribution in [0.2, 0.25) is 5.02 Å². The molecule has 0 saturated carbocycles. The monoisotopic (exact) mass is 329 g/mol. The summed E-state index contributed by atoms with van der Waals surface area (Å²) in [6, 6.07) is 3.24. The van der Waals surface area contributed by atoms with E-state index in [1.54, 1.807) is 6.92 Å². The van der Waals surface area contributed by atoms with Crippen molar-refractivity contribution >= 4 is 21.6 Å². The quantitative estimate of drug-likeness (QED) is 0.833. The minimum atomic E-state index is -3.79. The molecule has 0 heterocycles. The summed E-state index contributed by atoms with van der Waals surface area (Å²) in [5, 5.41) is -0.215. The van der Waals surface area contributed by atoms with Crippen molar-refractivity contribution in [1.82, 2.24) is 4.72 Å². The van der Waals surface area contributed by atoms with Gasteiger partial charge in [0.25, 0.3) is 0 Å². The fourth-order valence-electron chi connectivity index (χ4n) is 1.23. The molecule has 5 nitrogen and oxygen atoms in total. The Balaban J connectivity index is 2.88. The summed E-state index contributed by atoms with van der Waals surface area (Å²) in [5.41, 5.74) is 0. The normalized spacial score (nSPS) is 13.5. The third-order valence-electron chi connectivity index (χ3n) is 2.39. The third kappa shape index (κ3) is 4.86. The molecule has 0 radical (unpaired) electrons. The van der Waals surface area contributed by atoms with Crippen LogP contribution in [0.4, 0.5) is 8.78 Å². The van der Waals surface area contributed by atoms with Crippen LogP contribution in [0.3, 0.4) is 0 Å². The first-order valence-corrected chi connectivity index (χ1v) is 7.39. The van der Waals surface area contributed by atoms with Crippen LogP contribution in [-0.4, -0.2) is 34.8 Å². The van der Waals surface area contributed by atoms with Crippen LogP contribution >= 0.6 is 11.6 Å². The van der Waals surface area contributed by atoms with E-state index in [9.17, 15) is 17.2 Å². The van der Waals surface area contributed by atoms with Gasteiger partial charge in [-0.25, -0.2) is 13.1 Å². The lowest BCUT2D eigenvalue weighted by Gasteiger charge is -2.12. The number of nitrogens with one attached hydrogen (secondary N) is 1. The summed E-state index contributed by atoms with van der Waals surface area (Å²) in [6.07, 6.45) is -0.304. The molecule has 9 heteroatoms. The maximum Gasteiger partial charge on any atom is 0.387 e. The van der Waals surface area contributed by atoms with Crippen molar-refractivity contribution in [3.05, 3.63) is 23.2 Å². The van der Waals surface area contributed by atoms with Gasteiger partial charge in [0.2, 0.25) is 10.0 Å². The number of sulfonamides is 1. The first-order valence-electron chi connectivity index (χ1n) is 5.53. The number of methoxy groups -OCH3 is 1. The van der Waals surface area contributed by atoms with Gasteiger partial charge in [0.1, 0.15) is 5.75 Å². The second-order valence-electron chi connectivity index (χ2n) is 3.87. The summed E-state index contributed by atoms with van der Waals surface area (Å²) in [4.78, 5) is -0.146. The van der Waals surface area contributed by atoms with Crippen molar-refractivity contribution in [1.29, 1.82) is 0 Å². The second-order valence-corrected chi connectivity index (χ2v) is 6.04. The van der Waals surface area contributed by atoms with E-state index in [4.69, 9.17) is 16.3 Å². The highest BCUT2D eigenvalue weighted by molar-refractivity contribution is 7.89. The standard InChI is InChI=1S/C11H14ClF2NO4S/c1-7(18-2)6-15-20(16,17)8-3-4-10(9(12)5-8)19-11(13)14/h3-5,7,11,15H,6H2,1-2H3. The zero-order chi connectivity index (χ0) is 15.3. The van der Waals surface area contributed by atoms with Gasteiger partial charge in [-0.05, 0) is 25.1 Å². The molecular formula is C11H14ClF2NO4S. The molecule has 0 bridgehead atoms. The van der Waals surface area contributed by atoms with Crippen molar-refractivity contribution in [2.24, 2.45) is 0 Å². The SMILES string of the molecule is COC(C)CNS(=O)(=O)c1ccc(OC(F)F)c(Cl)c1. The molecule has 0 fully saturated rings. The number of hydrogen-bond acceptors (Lipinski definition) is 4. The van der Waals surface area contributed by atoms with Crippen LogP contribution in [0, 0.1) is 0 Å². The third-order valence-corrected chi connectivity index (χ3v) is 4.11. The van der Waals surface area contributed by atoms with Gasteiger partial charge < -0.3 is 9.47 Å². The summed E-state index contributed by atoms with van der Waals surface area (Å²) < 4.78 is 59.3. The highest BCUT2D eigenvalue weighted by atomic mass is 35.5. The average Bonchev–Trinajstić information content (AvgIpc) is 2.37. The molecule has 0 aliphatic heterocycles. The van der Waals surface area contributed by atoms with Crippen LogP contribution in [0.15, 0.2) is 23.1 Å². The van der Waals surface area contributed by atoms with E-state index in [0.717, 1.165) is 18.2 Å². The molecule has 1 rings (SSSR count). The molecule has 1 aromatic carbocycles. The zero-order valence-corrected chi connectivity index (χ0v) is 12.3. The van der Waals surface area contributed by atoms with E-state index in [0.29, 0.717) is 0 Å². The Kier molecular flexibility index (Phi) is 6.12. The van der Waals surface area contributed by atoms with Crippen molar-refractivity contribution in [2.75, 3.05) is 13.7 Å². The van der Waals surface area contributed by atoms with Gasteiger partial charge in [0.05, 0.1) is 16.0 Å². The van der Waals surface area contributed by atoms with Gasteiger partial charge in [-0.3, -0.25) is 0 Å². The molecular weight excluding hydrogens is 316 g/mol. The van der Waals surface area contributed by atoms with E-state index in [1.807, 2.05) is 0 Å². The Labute approximate surface area is 120 Å². The average molecular weight is 330 g/mol. The largest absolute Gasteiger partial charge is 0.433 e. The predicted molar refractivity (Wildman–Crippen MR) is 69.7 cm³/mol. The van der Waals surface area contributed by atoms with E-state index in [-0.39, 0.29) is 28.3 Å². The molecule has 0 aliphatic carbocycles. The van der Waals surface area contributed by atoms with Gasteiger partial charge in [-0.1, -0.05) is 11.6 Å². The first-order chi connectivity index (χ1) is 9.26. The molecule has 1 N–H and O–H groups in total. The van der Waals surface area contributed by atoms with E-state index >= 15 is 0 Å². The smallest absolute Gasteiger partial charge is 0.387 e. The Morgan fingerprint density at radius 3 is 2.55 bits per heavy atom. The lowest BCUT2D eigenvalue weighted by Crippen LogP contribution is -2.31. The van der Waals surface area contributed by atoms with Gasteiger partial charge in [-0.15, -0.1) is 0 Å². The Bertz CT molecular complexity index is 553. The van der Waals surface area contributed by atoms with Gasteiger partial charge >= 0.3 is 6.61 Å². The molecule has 1 aromatic rings. The molecule has 1 atom stereocenters. The fourth-order valence-corrected chi connectivity index (χ4v) is 2.66. The number of hydrogen-bond donors (Lipinski definition) is 1. The maximum absolute atomic E-state index is 12.1. The Hall–Kier alpha value is -0.960. The molecule has 0 spiro atoms. The highest BCUT2D eigenvalue weighted by Crippen LogP contribution is 2.28. The van der Waals surface area contributed by atoms with E-state index < -0.39 is 16.6 Å². The lowest BCUT2D eigenvalue weighted by atomic mass is 10.3. The van der Waals surface area contributed by atoms with Gasteiger partial charge in [-0.2, -0.15) is 8.78 Å². The maximum atomic E-state index is 12.1. The van der Waals surface area contributed by atoms with Crippen molar-refractivity contribution in [2.45, 2.75) is 24.5 Å². The van der Waals surface area contributed by atoms with Crippen LogP contribution in [0.25, 0.3) is 0 Å². The zero-order valence-electron chi connectivity index (χ0n) is 10.8. The molecule has 20 heavy (non-hydrogen) atoms. The van der Waals surface area contributed by atoms with E-state index in [2.05, 4.69) is 9.46 Å².